The van der Waals surface area contributed by atoms with Crippen LogP contribution in [0.5, 0.6) is 0 Å². The summed E-state index contributed by atoms with van der Waals surface area (Å²) in [6.45, 7) is 2.14. The molecule has 2 N–H and O–H groups in total. The number of hydrogen-bond donors (Lipinski definition) is 2. The van der Waals surface area contributed by atoms with Crippen molar-refractivity contribution in [3.8, 4) is 0 Å². The second-order valence-electron chi connectivity index (χ2n) is 5.46. The van der Waals surface area contributed by atoms with Crippen LogP contribution in [-0.2, 0) is 0 Å². The minimum Gasteiger partial charge on any atom is -0.478 e. The smallest absolute Gasteiger partial charge is 0.336 e. The van der Waals surface area contributed by atoms with Crippen LogP contribution in [0.3, 0.4) is 0 Å². The lowest BCUT2D eigenvalue weighted by atomic mass is 10.0. The molecule has 3 rings (SSSR count). The van der Waals surface area contributed by atoms with Crippen molar-refractivity contribution < 1.29 is 14.7 Å². The molecule has 2 fully saturated rings. The molecule has 2 aliphatic heterocycles. The molecule has 5 nitrogen and oxygen atoms in total. The number of nitrogens with one attached hydrogen (secondary N) is 1. The molecule has 1 amide bonds. The molecule has 2 heterocycles. The van der Waals surface area contributed by atoms with E-state index in [2.05, 4.69) is 10.2 Å². The molecular formula is C15H18N2O3. The highest BCUT2D eigenvalue weighted by molar-refractivity contribution is 6.04. The van der Waals surface area contributed by atoms with Gasteiger partial charge in [-0.05, 0) is 37.9 Å². The lowest BCUT2D eigenvalue weighted by molar-refractivity contribution is 0.0690. The van der Waals surface area contributed by atoms with Crippen molar-refractivity contribution in [3.05, 3.63) is 35.4 Å². The number of benzene rings is 1. The Bertz CT molecular complexity index is 544. The molecule has 5 heteroatoms. The molecule has 0 aliphatic carbocycles. The van der Waals surface area contributed by atoms with Gasteiger partial charge in [0.05, 0.1) is 11.1 Å². The molecule has 106 valence electrons. The number of hydrogen-bond acceptors (Lipinski definition) is 3. The van der Waals surface area contributed by atoms with Crippen LogP contribution in [0.15, 0.2) is 24.3 Å². The number of carbonyl (C=O) groups is 2. The third kappa shape index (κ3) is 2.29. The molecule has 1 aromatic carbocycles. The summed E-state index contributed by atoms with van der Waals surface area (Å²) in [5, 5.41) is 12.2. The van der Waals surface area contributed by atoms with Gasteiger partial charge in [0.1, 0.15) is 0 Å². The summed E-state index contributed by atoms with van der Waals surface area (Å²) in [7, 11) is 0. The molecule has 0 aromatic heterocycles. The summed E-state index contributed by atoms with van der Waals surface area (Å²) in [6, 6.07) is 6.93. The normalized spacial score (nSPS) is 25.4. The number of fused-ring (bicyclic) bond motifs is 1. The second kappa shape index (κ2) is 5.25. The average Bonchev–Trinajstić information content (AvgIpc) is 3.03. The fraction of sp³-hybridized carbons (Fsp3) is 0.467. The summed E-state index contributed by atoms with van der Waals surface area (Å²) < 4.78 is 0. The summed E-state index contributed by atoms with van der Waals surface area (Å²) in [4.78, 5) is 25.9. The number of amides is 1. The van der Waals surface area contributed by atoms with Crippen molar-refractivity contribution in [2.24, 2.45) is 0 Å². The number of nitrogens with zero attached hydrogens (tertiary/aromatic N) is 1. The molecule has 2 saturated heterocycles. The van der Waals surface area contributed by atoms with Crippen molar-refractivity contribution in [2.75, 3.05) is 13.1 Å². The lowest BCUT2D eigenvalue weighted by Gasteiger charge is -2.21. The van der Waals surface area contributed by atoms with Crippen LogP contribution in [0.2, 0.25) is 0 Å². The largest absolute Gasteiger partial charge is 0.478 e. The van der Waals surface area contributed by atoms with Gasteiger partial charge in [0, 0.05) is 18.6 Å². The molecule has 2 atom stereocenters. The predicted molar refractivity (Wildman–Crippen MR) is 73.9 cm³/mol. The fourth-order valence-corrected chi connectivity index (χ4v) is 3.36. The highest BCUT2D eigenvalue weighted by Crippen LogP contribution is 2.28. The SMILES string of the molecule is O=C(O)c1ccccc1C(=O)NC1CCN2CCCC12. The van der Waals surface area contributed by atoms with Crippen LogP contribution < -0.4 is 5.32 Å². The minimum atomic E-state index is -1.07. The number of rotatable bonds is 3. The first-order valence-electron chi connectivity index (χ1n) is 7.04. The van der Waals surface area contributed by atoms with Crippen molar-refractivity contribution in [1.29, 1.82) is 0 Å². The van der Waals surface area contributed by atoms with Crippen LogP contribution in [0.4, 0.5) is 0 Å². The van der Waals surface area contributed by atoms with Crippen molar-refractivity contribution in [2.45, 2.75) is 31.3 Å². The minimum absolute atomic E-state index is 0.0614. The first-order valence-corrected chi connectivity index (χ1v) is 7.04. The molecule has 0 saturated carbocycles. The zero-order valence-electron chi connectivity index (χ0n) is 11.2. The molecule has 0 radical (unpaired) electrons. The molecule has 0 bridgehead atoms. The van der Waals surface area contributed by atoms with Crippen LogP contribution in [0.1, 0.15) is 40.0 Å². The van der Waals surface area contributed by atoms with Crippen molar-refractivity contribution in [1.82, 2.24) is 10.2 Å². The fourth-order valence-electron chi connectivity index (χ4n) is 3.36. The summed E-state index contributed by atoms with van der Waals surface area (Å²) in [6.07, 6.45) is 3.25. The quantitative estimate of drug-likeness (QED) is 0.873. The number of carbonyl (C=O) groups excluding carboxylic acids is 1. The Morgan fingerprint density at radius 2 is 1.90 bits per heavy atom. The van der Waals surface area contributed by atoms with E-state index in [0.717, 1.165) is 25.9 Å². The van der Waals surface area contributed by atoms with Gasteiger partial charge in [-0.3, -0.25) is 9.69 Å². The Kier molecular flexibility index (Phi) is 3.44. The third-order valence-electron chi connectivity index (χ3n) is 4.32. The summed E-state index contributed by atoms with van der Waals surface area (Å²) >= 11 is 0. The number of aromatic carboxylic acids is 1. The highest BCUT2D eigenvalue weighted by atomic mass is 16.4. The van der Waals surface area contributed by atoms with Gasteiger partial charge in [0.25, 0.3) is 5.91 Å². The van der Waals surface area contributed by atoms with E-state index in [4.69, 9.17) is 5.11 Å². The van der Waals surface area contributed by atoms with Gasteiger partial charge in [0.2, 0.25) is 0 Å². The van der Waals surface area contributed by atoms with Gasteiger partial charge in [-0.15, -0.1) is 0 Å². The first-order chi connectivity index (χ1) is 9.66. The number of carboxylic acid groups (broad SMARTS) is 1. The monoisotopic (exact) mass is 274 g/mol. The summed E-state index contributed by atoms with van der Waals surface area (Å²) in [5.41, 5.74) is 0.308. The Labute approximate surface area is 117 Å². The van der Waals surface area contributed by atoms with Crippen LogP contribution in [-0.4, -0.2) is 47.1 Å². The highest BCUT2D eigenvalue weighted by Gasteiger charge is 2.38. The molecule has 2 aliphatic rings. The average molecular weight is 274 g/mol. The van der Waals surface area contributed by atoms with Gasteiger partial charge < -0.3 is 10.4 Å². The topological polar surface area (TPSA) is 69.6 Å². The van der Waals surface area contributed by atoms with E-state index in [1.54, 1.807) is 18.2 Å². The standard InChI is InChI=1S/C15H18N2O3/c18-14(10-4-1-2-5-11(10)15(19)20)16-12-7-9-17-8-3-6-13(12)17/h1-2,4-5,12-13H,3,6-9H2,(H,16,18)(H,19,20). The van der Waals surface area contributed by atoms with E-state index in [1.165, 1.54) is 12.5 Å². The van der Waals surface area contributed by atoms with Gasteiger partial charge >= 0.3 is 5.97 Å². The molecule has 2 unspecified atom stereocenters. The van der Waals surface area contributed by atoms with Crippen molar-refractivity contribution >= 4 is 11.9 Å². The van der Waals surface area contributed by atoms with E-state index in [9.17, 15) is 9.59 Å². The van der Waals surface area contributed by atoms with Gasteiger partial charge in [-0.1, -0.05) is 12.1 Å². The van der Waals surface area contributed by atoms with E-state index in [0.29, 0.717) is 6.04 Å². The van der Waals surface area contributed by atoms with Crippen LogP contribution in [0.25, 0.3) is 0 Å². The van der Waals surface area contributed by atoms with E-state index >= 15 is 0 Å². The maximum absolute atomic E-state index is 12.3. The Balaban J connectivity index is 1.75. The molecule has 1 aromatic rings. The molecule has 0 spiro atoms. The Hall–Kier alpha value is -1.88. The first kappa shape index (κ1) is 13.1. The molecule has 20 heavy (non-hydrogen) atoms. The van der Waals surface area contributed by atoms with Crippen LogP contribution >= 0.6 is 0 Å². The molecular weight excluding hydrogens is 256 g/mol. The van der Waals surface area contributed by atoms with Gasteiger partial charge in [-0.25, -0.2) is 4.79 Å². The van der Waals surface area contributed by atoms with Gasteiger partial charge in [0.15, 0.2) is 0 Å². The second-order valence-corrected chi connectivity index (χ2v) is 5.46. The predicted octanol–water partition coefficient (Wildman–Crippen LogP) is 1.35. The maximum atomic E-state index is 12.3. The third-order valence-corrected chi connectivity index (χ3v) is 4.32. The summed E-state index contributed by atoms with van der Waals surface area (Å²) in [5.74, 6) is -1.34. The van der Waals surface area contributed by atoms with E-state index in [-0.39, 0.29) is 23.1 Å². The maximum Gasteiger partial charge on any atom is 0.336 e. The number of carboxylic acids is 1. The zero-order valence-corrected chi connectivity index (χ0v) is 11.2. The lowest BCUT2D eigenvalue weighted by Crippen LogP contribution is -2.42. The van der Waals surface area contributed by atoms with Crippen LogP contribution in [0, 0.1) is 0 Å². The van der Waals surface area contributed by atoms with Gasteiger partial charge in [-0.2, -0.15) is 0 Å². The van der Waals surface area contributed by atoms with E-state index < -0.39 is 5.97 Å². The zero-order chi connectivity index (χ0) is 14.1. The Morgan fingerprint density at radius 1 is 1.15 bits per heavy atom. The van der Waals surface area contributed by atoms with E-state index in [1.807, 2.05) is 0 Å². The Morgan fingerprint density at radius 3 is 2.65 bits per heavy atom. The van der Waals surface area contributed by atoms with Crippen molar-refractivity contribution in [3.63, 3.8) is 0 Å².